The minimum Gasteiger partial charge on any atom is -0.368 e. The van der Waals surface area contributed by atoms with Crippen LogP contribution in [0.3, 0.4) is 0 Å². The van der Waals surface area contributed by atoms with Crippen LogP contribution >= 0.6 is 0 Å². The Balaban J connectivity index is 1.59. The molecule has 1 aliphatic carbocycles. The lowest BCUT2D eigenvalue weighted by Gasteiger charge is -2.30. The van der Waals surface area contributed by atoms with Gasteiger partial charge >= 0.3 is 0 Å². The van der Waals surface area contributed by atoms with Gasteiger partial charge in [0.15, 0.2) is 23.1 Å². The number of benzene rings is 2. The normalized spacial score (nSPS) is 16.9. The third-order valence-electron chi connectivity index (χ3n) is 8.60. The molecule has 0 saturated carbocycles. The van der Waals surface area contributed by atoms with Crippen molar-refractivity contribution < 1.29 is 22.1 Å². The Morgan fingerprint density at radius 3 is 2.40 bits per heavy atom. The van der Waals surface area contributed by atoms with Crippen LogP contribution in [-0.4, -0.2) is 75.9 Å². The summed E-state index contributed by atoms with van der Waals surface area (Å²) in [5.74, 6) is -2.19. The molecule has 0 radical (unpaired) electrons. The van der Waals surface area contributed by atoms with Crippen molar-refractivity contribution >= 4 is 32.0 Å². The summed E-state index contributed by atoms with van der Waals surface area (Å²) in [7, 11) is 3.03. The second-order valence-corrected chi connectivity index (χ2v) is 14.2. The van der Waals surface area contributed by atoms with E-state index in [4.69, 9.17) is 10.7 Å². The van der Waals surface area contributed by atoms with Crippen molar-refractivity contribution in [3.8, 4) is 11.3 Å². The fourth-order valence-corrected chi connectivity index (χ4v) is 7.16. The van der Waals surface area contributed by atoms with Crippen LogP contribution in [0.15, 0.2) is 83.3 Å². The molecular weight excluding hydrogens is 642 g/mol. The topological polar surface area (TPSA) is 145 Å². The lowest BCUT2D eigenvalue weighted by Crippen LogP contribution is -2.41. The zero-order chi connectivity index (χ0) is 34.7. The highest BCUT2D eigenvalue weighted by molar-refractivity contribution is 7.90. The molecule has 0 amide bonds. The van der Waals surface area contributed by atoms with Crippen molar-refractivity contribution in [2.24, 2.45) is 12.8 Å². The number of fused-ring (bicyclic) bond motifs is 2. The number of likely N-dealkylation sites (N-methyl/N-ethyl adjacent to an activating group) is 2. The maximum absolute atomic E-state index is 14.6. The predicted molar refractivity (Wildman–Crippen MR) is 178 cm³/mol. The molecule has 0 spiro atoms. The van der Waals surface area contributed by atoms with Crippen LogP contribution in [0.2, 0.25) is 0 Å². The van der Waals surface area contributed by atoms with Crippen molar-refractivity contribution in [1.29, 1.82) is 0 Å². The van der Waals surface area contributed by atoms with Crippen LogP contribution in [-0.2, 0) is 22.6 Å². The van der Waals surface area contributed by atoms with Gasteiger partial charge in [0.25, 0.3) is 15.7 Å². The maximum Gasteiger partial charge on any atom is 0.271 e. The van der Waals surface area contributed by atoms with Crippen LogP contribution in [0.25, 0.3) is 33.2 Å². The molecule has 6 rings (SSSR count). The lowest BCUT2D eigenvalue weighted by atomic mass is 9.87. The smallest absolute Gasteiger partial charge is 0.271 e. The molecule has 12 nitrogen and oxygen atoms in total. The second kappa shape index (κ2) is 11.9. The van der Waals surface area contributed by atoms with E-state index in [2.05, 4.69) is 4.98 Å². The molecule has 1 atom stereocenters. The van der Waals surface area contributed by atoms with E-state index in [1.807, 2.05) is 25.9 Å². The Bertz CT molecular complexity index is 2280. The van der Waals surface area contributed by atoms with E-state index < -0.39 is 32.1 Å². The molecule has 3 heterocycles. The second-order valence-electron chi connectivity index (χ2n) is 12.4. The van der Waals surface area contributed by atoms with Crippen molar-refractivity contribution in [2.75, 3.05) is 34.2 Å². The average molecular weight is 677 g/mol. The zero-order valence-electron chi connectivity index (χ0n) is 27.0. The molecule has 0 bridgehead atoms. The largest absolute Gasteiger partial charge is 0.368 e. The van der Waals surface area contributed by atoms with Gasteiger partial charge in [-0.3, -0.25) is 10.1 Å². The van der Waals surface area contributed by atoms with E-state index >= 15 is 0 Å². The highest BCUT2D eigenvalue weighted by atomic mass is 32.2. The van der Waals surface area contributed by atoms with Crippen molar-refractivity contribution in [2.45, 2.75) is 23.8 Å². The fourth-order valence-electron chi connectivity index (χ4n) is 5.87. The Kier molecular flexibility index (Phi) is 8.17. The Morgan fingerprint density at radius 2 is 1.73 bits per heavy atom. The predicted octanol–water partition coefficient (Wildman–Crippen LogP) is 4.51. The van der Waals surface area contributed by atoms with E-state index in [1.165, 1.54) is 24.4 Å². The summed E-state index contributed by atoms with van der Waals surface area (Å²) in [6.45, 7) is 3.00. The number of aryl methyl sites for hydroxylation is 2. The van der Waals surface area contributed by atoms with Gasteiger partial charge in [-0.2, -0.15) is 0 Å². The minimum absolute atomic E-state index is 0.0130. The Hall–Kier alpha value is -4.99. The van der Waals surface area contributed by atoms with E-state index in [0.717, 1.165) is 21.7 Å². The number of nitrogens with two attached hydrogens (primary N) is 1. The first kappa shape index (κ1) is 32.9. The third-order valence-corrected chi connectivity index (χ3v) is 10.3. The summed E-state index contributed by atoms with van der Waals surface area (Å²) >= 11 is 0. The van der Waals surface area contributed by atoms with Gasteiger partial charge in [-0.15, -0.1) is 0 Å². The molecule has 0 saturated heterocycles. The van der Waals surface area contributed by atoms with Gasteiger partial charge in [0.05, 0.1) is 27.5 Å². The quantitative estimate of drug-likeness (QED) is 0.176. The Labute approximate surface area is 275 Å². The van der Waals surface area contributed by atoms with E-state index in [9.17, 15) is 27.3 Å². The van der Waals surface area contributed by atoms with Gasteiger partial charge in [0.1, 0.15) is 11.2 Å². The van der Waals surface area contributed by atoms with Crippen LogP contribution < -0.4 is 5.73 Å². The standard InChI is InChI=1S/C33H34F2N8O4S/c1-20-6-8-21(9-7-20)48(46,47)42-13-11-22-30(24-19-41(5)28-17-26(35)25(34)16-23(24)28)37-32(38-31(22)42)33(36)12-10-27(29(18-33)43(44)45)40(4)15-14-39(2)3/h6-13,16-17,19H,14-15,18,36H2,1-5H3. The molecule has 2 aromatic carbocycles. The highest BCUT2D eigenvalue weighted by Crippen LogP contribution is 2.39. The van der Waals surface area contributed by atoms with Gasteiger partial charge in [0, 0.05) is 62.0 Å². The van der Waals surface area contributed by atoms with Gasteiger partial charge in [0.2, 0.25) is 0 Å². The molecule has 5 aromatic rings. The van der Waals surface area contributed by atoms with Crippen LogP contribution in [0, 0.1) is 28.7 Å². The minimum atomic E-state index is -4.19. The van der Waals surface area contributed by atoms with Crippen LogP contribution in [0.5, 0.6) is 0 Å². The first-order valence-corrected chi connectivity index (χ1v) is 16.4. The first-order valence-electron chi connectivity index (χ1n) is 15.0. The number of hydrogen-bond donors (Lipinski definition) is 1. The summed E-state index contributed by atoms with van der Waals surface area (Å²) in [6.07, 6.45) is 5.80. The number of nitro groups is 1. The molecule has 1 aliphatic rings. The van der Waals surface area contributed by atoms with Crippen molar-refractivity contribution in [3.05, 3.63) is 112 Å². The molecule has 1 unspecified atom stereocenters. The summed E-state index contributed by atoms with van der Waals surface area (Å²) in [4.78, 5) is 25.1. The number of rotatable bonds is 9. The molecular formula is C33H34F2N8O4S. The molecule has 250 valence electrons. The Morgan fingerprint density at radius 1 is 1.04 bits per heavy atom. The SMILES string of the molecule is Cc1ccc(S(=O)(=O)n2ccc3c(-c4cn(C)c5cc(F)c(F)cc45)nc(C4(N)C=CC(N(C)CCN(C)C)=C([N+](=O)[O-])C4)nc32)cc1. The van der Waals surface area contributed by atoms with E-state index in [1.54, 1.807) is 54.0 Å². The number of aromatic nitrogens is 4. The highest BCUT2D eigenvalue weighted by Gasteiger charge is 2.40. The maximum atomic E-state index is 14.6. The summed E-state index contributed by atoms with van der Waals surface area (Å²) in [5, 5.41) is 13.0. The van der Waals surface area contributed by atoms with Crippen molar-refractivity contribution in [1.82, 2.24) is 28.3 Å². The fraction of sp³-hybridized carbons (Fsp3) is 0.273. The van der Waals surface area contributed by atoms with E-state index in [-0.39, 0.29) is 34.2 Å². The molecule has 3 aromatic heterocycles. The summed E-state index contributed by atoms with van der Waals surface area (Å²) in [5.41, 5.74) is 7.25. The van der Waals surface area contributed by atoms with Gasteiger partial charge in [-0.25, -0.2) is 31.1 Å². The van der Waals surface area contributed by atoms with Crippen LogP contribution in [0.1, 0.15) is 17.8 Å². The number of halogens is 2. The third kappa shape index (κ3) is 5.63. The lowest BCUT2D eigenvalue weighted by molar-refractivity contribution is -0.431. The van der Waals surface area contributed by atoms with Crippen LogP contribution in [0.4, 0.5) is 8.78 Å². The number of nitrogens with zero attached hydrogens (tertiary/aromatic N) is 7. The molecule has 0 aliphatic heterocycles. The van der Waals surface area contributed by atoms with Gasteiger partial charge in [-0.05, 0) is 51.4 Å². The molecule has 0 fully saturated rings. The average Bonchev–Trinajstić information content (AvgIpc) is 3.61. The summed E-state index contributed by atoms with van der Waals surface area (Å²) < 4.78 is 59.4. The van der Waals surface area contributed by atoms with Gasteiger partial charge in [-0.1, -0.05) is 23.8 Å². The first-order chi connectivity index (χ1) is 22.6. The van der Waals surface area contributed by atoms with Gasteiger partial charge < -0.3 is 20.1 Å². The zero-order valence-corrected chi connectivity index (χ0v) is 27.8. The monoisotopic (exact) mass is 676 g/mol. The number of hydrogen-bond acceptors (Lipinski definition) is 9. The van der Waals surface area contributed by atoms with E-state index in [0.29, 0.717) is 40.6 Å². The molecule has 2 N–H and O–H groups in total. The molecule has 15 heteroatoms. The van der Waals surface area contributed by atoms with Crippen molar-refractivity contribution in [3.63, 3.8) is 0 Å². The summed E-state index contributed by atoms with van der Waals surface area (Å²) in [6, 6.07) is 9.96. The molecule has 48 heavy (non-hydrogen) atoms. The number of allylic oxidation sites excluding steroid dienone is 1.